The largest absolute Gasteiger partial charge is 0.478 e. The minimum Gasteiger partial charge on any atom is -0.478 e. The number of aromatic nitrogens is 1. The highest BCUT2D eigenvalue weighted by Gasteiger charge is 2.33. The highest BCUT2D eigenvalue weighted by atomic mass is 32.2. The van der Waals surface area contributed by atoms with Gasteiger partial charge in [0.15, 0.2) is 6.10 Å². The molecule has 2 aliphatic heterocycles. The maximum absolute atomic E-state index is 13.1. The lowest BCUT2D eigenvalue weighted by Crippen LogP contribution is -2.50. The zero-order valence-electron chi connectivity index (χ0n) is 16.4. The van der Waals surface area contributed by atoms with Crippen LogP contribution in [0.5, 0.6) is 5.75 Å². The van der Waals surface area contributed by atoms with E-state index < -0.39 is 16.1 Å². The Bertz CT molecular complexity index is 1070. The van der Waals surface area contributed by atoms with Crippen molar-refractivity contribution >= 4 is 27.5 Å². The third kappa shape index (κ3) is 3.75. The van der Waals surface area contributed by atoms with Crippen molar-refractivity contribution in [1.82, 2.24) is 14.2 Å². The average molecular weight is 430 g/mol. The van der Waals surface area contributed by atoms with Gasteiger partial charge in [0.2, 0.25) is 10.0 Å². The number of pyridine rings is 1. The molecule has 158 valence electrons. The minimum absolute atomic E-state index is 0.0737. The van der Waals surface area contributed by atoms with Crippen molar-refractivity contribution in [2.24, 2.45) is 0 Å². The van der Waals surface area contributed by atoms with Crippen LogP contribution in [0.4, 0.5) is 5.69 Å². The van der Waals surface area contributed by atoms with Gasteiger partial charge in [0.1, 0.15) is 11.4 Å². The molecule has 1 fully saturated rings. The van der Waals surface area contributed by atoms with E-state index >= 15 is 0 Å². The summed E-state index contributed by atoms with van der Waals surface area (Å²) in [6.07, 6.45) is 1.49. The number of anilines is 1. The molecule has 4 rings (SSSR count). The maximum Gasteiger partial charge on any atom is 0.272 e. The second kappa shape index (κ2) is 8.04. The fourth-order valence-electron chi connectivity index (χ4n) is 3.49. The first-order valence-corrected chi connectivity index (χ1v) is 11.2. The average Bonchev–Trinajstić information content (AvgIpc) is 2.78. The van der Waals surface area contributed by atoms with Gasteiger partial charge in [-0.15, -0.1) is 0 Å². The van der Waals surface area contributed by atoms with Gasteiger partial charge in [-0.2, -0.15) is 4.31 Å². The molecule has 2 amide bonds. The summed E-state index contributed by atoms with van der Waals surface area (Å²) in [6.45, 7) is 2.75. The minimum atomic E-state index is -3.77. The molecule has 10 heteroatoms. The number of benzene rings is 1. The van der Waals surface area contributed by atoms with Gasteiger partial charge in [-0.25, -0.2) is 8.42 Å². The molecule has 3 heterocycles. The number of hydrogen-bond acceptors (Lipinski definition) is 6. The SMILES string of the molecule is CC[C@@H]1Oc2ccc(S(=O)(=O)N3CCN(C(=O)c4ccccn4)CC3)cc2NC1=O. The van der Waals surface area contributed by atoms with E-state index in [1.807, 2.05) is 6.92 Å². The summed E-state index contributed by atoms with van der Waals surface area (Å²) < 4.78 is 33.1. The van der Waals surface area contributed by atoms with Crippen molar-refractivity contribution in [2.75, 3.05) is 31.5 Å². The second-order valence-corrected chi connectivity index (χ2v) is 9.01. The van der Waals surface area contributed by atoms with Crippen molar-refractivity contribution in [3.8, 4) is 5.75 Å². The fourth-order valence-corrected chi connectivity index (χ4v) is 4.94. The summed E-state index contributed by atoms with van der Waals surface area (Å²) in [7, 11) is -3.77. The van der Waals surface area contributed by atoms with Crippen LogP contribution in [0, 0.1) is 0 Å². The van der Waals surface area contributed by atoms with E-state index in [9.17, 15) is 18.0 Å². The summed E-state index contributed by atoms with van der Waals surface area (Å²) in [5.74, 6) is -0.0564. The zero-order valence-corrected chi connectivity index (χ0v) is 17.3. The third-order valence-electron chi connectivity index (χ3n) is 5.19. The highest BCUT2D eigenvalue weighted by molar-refractivity contribution is 7.89. The predicted octanol–water partition coefficient (Wildman–Crippen LogP) is 1.34. The van der Waals surface area contributed by atoms with Crippen LogP contribution in [-0.2, 0) is 14.8 Å². The molecule has 1 saturated heterocycles. The topological polar surface area (TPSA) is 109 Å². The molecule has 1 aromatic heterocycles. The van der Waals surface area contributed by atoms with Crippen LogP contribution in [0.3, 0.4) is 0 Å². The normalized spacial score (nSPS) is 19.6. The molecular formula is C20H22N4O5S. The van der Waals surface area contributed by atoms with Gasteiger partial charge in [0.25, 0.3) is 11.8 Å². The molecule has 1 atom stereocenters. The fraction of sp³-hybridized carbons (Fsp3) is 0.350. The van der Waals surface area contributed by atoms with Crippen LogP contribution in [-0.4, -0.2) is 66.7 Å². The molecule has 2 aromatic rings. The third-order valence-corrected chi connectivity index (χ3v) is 7.08. The molecule has 0 bridgehead atoms. The van der Waals surface area contributed by atoms with E-state index in [1.165, 1.54) is 16.4 Å². The molecule has 2 aliphatic rings. The van der Waals surface area contributed by atoms with Crippen LogP contribution in [0.2, 0.25) is 0 Å². The molecular weight excluding hydrogens is 408 g/mol. The summed E-state index contributed by atoms with van der Waals surface area (Å²) >= 11 is 0. The zero-order chi connectivity index (χ0) is 21.3. The van der Waals surface area contributed by atoms with E-state index in [4.69, 9.17) is 4.74 Å². The van der Waals surface area contributed by atoms with Crippen LogP contribution in [0.1, 0.15) is 23.8 Å². The van der Waals surface area contributed by atoms with Crippen LogP contribution in [0.25, 0.3) is 0 Å². The Morgan fingerprint density at radius 2 is 1.97 bits per heavy atom. The van der Waals surface area contributed by atoms with Crippen molar-refractivity contribution in [3.05, 3.63) is 48.3 Å². The Hall–Kier alpha value is -2.98. The predicted molar refractivity (Wildman–Crippen MR) is 109 cm³/mol. The lowest BCUT2D eigenvalue weighted by atomic mass is 10.2. The van der Waals surface area contributed by atoms with Gasteiger partial charge < -0.3 is 15.0 Å². The molecule has 0 unspecified atom stereocenters. The molecule has 0 spiro atoms. The first-order chi connectivity index (χ1) is 14.4. The highest BCUT2D eigenvalue weighted by Crippen LogP contribution is 2.33. The Labute approximate surface area is 174 Å². The van der Waals surface area contributed by atoms with Gasteiger partial charge in [0.05, 0.1) is 10.6 Å². The van der Waals surface area contributed by atoms with E-state index in [1.54, 1.807) is 35.4 Å². The van der Waals surface area contributed by atoms with Gasteiger partial charge in [-0.3, -0.25) is 14.6 Å². The number of nitrogens with zero attached hydrogens (tertiary/aromatic N) is 3. The standard InChI is InChI=1S/C20H22N4O5S/c1-2-17-19(25)22-16-13-14(6-7-18(16)29-17)30(27,28)24-11-9-23(10-12-24)20(26)15-5-3-4-8-21-15/h3-8,13,17H,2,9-12H2,1H3,(H,22,25)/t17-/m0/s1. The summed E-state index contributed by atoms with van der Waals surface area (Å²) in [5, 5.41) is 2.71. The summed E-state index contributed by atoms with van der Waals surface area (Å²) in [4.78, 5) is 30.3. The first-order valence-electron chi connectivity index (χ1n) is 9.72. The van der Waals surface area contributed by atoms with Crippen molar-refractivity contribution in [1.29, 1.82) is 0 Å². The Kier molecular flexibility index (Phi) is 5.44. The quantitative estimate of drug-likeness (QED) is 0.784. The second-order valence-electron chi connectivity index (χ2n) is 7.07. The van der Waals surface area contributed by atoms with Gasteiger partial charge in [-0.1, -0.05) is 13.0 Å². The molecule has 0 radical (unpaired) electrons. The first kappa shape index (κ1) is 20.3. The summed E-state index contributed by atoms with van der Waals surface area (Å²) in [6, 6.07) is 9.56. The van der Waals surface area contributed by atoms with Crippen LogP contribution >= 0.6 is 0 Å². The Morgan fingerprint density at radius 3 is 2.63 bits per heavy atom. The number of sulfonamides is 1. The van der Waals surface area contributed by atoms with E-state index in [0.717, 1.165) is 0 Å². The lowest BCUT2D eigenvalue weighted by Gasteiger charge is -2.34. The maximum atomic E-state index is 13.1. The number of fused-ring (bicyclic) bond motifs is 1. The monoisotopic (exact) mass is 430 g/mol. The lowest BCUT2D eigenvalue weighted by molar-refractivity contribution is -0.123. The number of carbonyl (C=O) groups excluding carboxylic acids is 2. The van der Waals surface area contributed by atoms with Gasteiger partial charge in [0, 0.05) is 32.4 Å². The van der Waals surface area contributed by atoms with Gasteiger partial charge >= 0.3 is 0 Å². The number of nitrogens with one attached hydrogen (secondary N) is 1. The van der Waals surface area contributed by atoms with Crippen molar-refractivity contribution in [3.63, 3.8) is 0 Å². The Balaban J connectivity index is 1.47. The Morgan fingerprint density at radius 1 is 1.20 bits per heavy atom. The van der Waals surface area contributed by atoms with E-state index in [-0.39, 0.29) is 42.9 Å². The number of rotatable bonds is 4. The van der Waals surface area contributed by atoms with Crippen LogP contribution < -0.4 is 10.1 Å². The number of piperazine rings is 1. The molecule has 0 saturated carbocycles. The number of ether oxygens (including phenoxy) is 1. The van der Waals surface area contributed by atoms with Crippen LogP contribution in [0.15, 0.2) is 47.5 Å². The van der Waals surface area contributed by atoms with E-state index in [2.05, 4.69) is 10.3 Å². The molecule has 9 nitrogen and oxygen atoms in total. The number of carbonyl (C=O) groups is 2. The molecule has 1 aromatic carbocycles. The molecule has 0 aliphatic carbocycles. The van der Waals surface area contributed by atoms with Crippen molar-refractivity contribution < 1.29 is 22.7 Å². The molecule has 1 N–H and O–H groups in total. The van der Waals surface area contributed by atoms with Crippen molar-refractivity contribution in [2.45, 2.75) is 24.3 Å². The molecule has 30 heavy (non-hydrogen) atoms. The van der Waals surface area contributed by atoms with Gasteiger partial charge in [-0.05, 0) is 36.8 Å². The number of hydrogen-bond donors (Lipinski definition) is 1. The number of amides is 2. The summed E-state index contributed by atoms with van der Waals surface area (Å²) in [5.41, 5.74) is 0.680. The van der Waals surface area contributed by atoms with E-state index in [0.29, 0.717) is 23.6 Å². The smallest absolute Gasteiger partial charge is 0.272 e.